The van der Waals surface area contributed by atoms with Crippen LogP contribution in [0.4, 0.5) is 0 Å². The third-order valence-corrected chi connectivity index (χ3v) is 5.66. The third-order valence-electron chi connectivity index (χ3n) is 5.66. The molecule has 1 aliphatic carbocycles. The lowest BCUT2D eigenvalue weighted by Gasteiger charge is -2.21. The van der Waals surface area contributed by atoms with Crippen molar-refractivity contribution in [3.63, 3.8) is 0 Å². The number of fused-ring (bicyclic) bond motifs is 6. The first-order chi connectivity index (χ1) is 12.9. The molecule has 1 aliphatic heterocycles. The van der Waals surface area contributed by atoms with Crippen LogP contribution in [0.25, 0.3) is 33.2 Å². The average molecular weight is 339 g/mol. The fourth-order valence-corrected chi connectivity index (χ4v) is 4.39. The molecule has 1 aromatic carbocycles. The first-order valence-electron chi connectivity index (χ1n) is 9.15. The minimum Gasteiger partial charge on any atom is -0.288 e. The van der Waals surface area contributed by atoms with Gasteiger partial charge in [-0.15, -0.1) is 0 Å². The van der Waals surface area contributed by atoms with Crippen LogP contribution in [0.15, 0.2) is 35.6 Å². The van der Waals surface area contributed by atoms with E-state index < -0.39 is 0 Å². The highest BCUT2D eigenvalue weighted by Gasteiger charge is 2.22. The van der Waals surface area contributed by atoms with Gasteiger partial charge in [0.05, 0.1) is 30.1 Å². The van der Waals surface area contributed by atoms with Crippen LogP contribution in [0.2, 0.25) is 0 Å². The van der Waals surface area contributed by atoms with Gasteiger partial charge in [0.2, 0.25) is 0 Å². The van der Waals surface area contributed by atoms with Gasteiger partial charge in [0, 0.05) is 22.6 Å². The van der Waals surface area contributed by atoms with Gasteiger partial charge >= 0.3 is 0 Å². The zero-order chi connectivity index (χ0) is 17.1. The molecule has 0 fully saturated rings. The number of aryl methyl sites for hydroxylation is 1. The van der Waals surface area contributed by atoms with Crippen LogP contribution in [0.5, 0.6) is 0 Å². The maximum Gasteiger partial charge on any atom is 0.160 e. The number of benzene rings is 1. The zero-order valence-corrected chi connectivity index (χ0v) is 14.3. The Bertz CT molecular complexity index is 1220. The number of rotatable bonds is 1. The number of H-pyrrole nitrogens is 1. The molecular weight excluding hydrogens is 322 g/mol. The number of pyridine rings is 2. The highest BCUT2D eigenvalue weighted by atomic mass is 15.1. The molecule has 4 heterocycles. The summed E-state index contributed by atoms with van der Waals surface area (Å²) in [6.07, 6.45) is 10.3. The first kappa shape index (κ1) is 14.1. The minimum absolute atomic E-state index is 0.791. The second-order valence-electron chi connectivity index (χ2n) is 7.16. The van der Waals surface area contributed by atoms with Crippen LogP contribution in [-0.2, 0) is 19.4 Å². The number of nitrogens with zero attached hydrogens (tertiary/aromatic N) is 4. The monoisotopic (exact) mass is 339 g/mol. The number of nitrogens with one attached hydrogen (secondary N) is 1. The van der Waals surface area contributed by atoms with Gasteiger partial charge in [-0.1, -0.05) is 12.1 Å². The quantitative estimate of drug-likeness (QED) is 0.570. The van der Waals surface area contributed by atoms with Gasteiger partial charge in [-0.3, -0.25) is 10.1 Å². The normalized spacial score (nSPS) is 15.5. The lowest BCUT2D eigenvalue weighted by molar-refractivity contribution is 0.689. The second kappa shape index (κ2) is 5.21. The molecule has 5 heteroatoms. The summed E-state index contributed by atoms with van der Waals surface area (Å²) in [4.78, 5) is 14.0. The maximum absolute atomic E-state index is 5.02. The molecule has 0 radical (unpaired) electrons. The van der Waals surface area contributed by atoms with Crippen molar-refractivity contribution in [1.82, 2.24) is 20.2 Å². The molecule has 0 unspecified atom stereocenters. The summed E-state index contributed by atoms with van der Waals surface area (Å²) in [6, 6.07) is 6.60. The Hall–Kier alpha value is -3.08. The minimum atomic E-state index is 0.791. The van der Waals surface area contributed by atoms with E-state index in [2.05, 4.69) is 38.4 Å². The molecule has 2 aliphatic rings. The van der Waals surface area contributed by atoms with Gasteiger partial charge < -0.3 is 0 Å². The summed E-state index contributed by atoms with van der Waals surface area (Å²) < 4.78 is 0. The Labute approximate surface area is 150 Å². The smallest absolute Gasteiger partial charge is 0.160 e. The van der Waals surface area contributed by atoms with Crippen molar-refractivity contribution in [2.75, 3.05) is 0 Å². The highest BCUT2D eigenvalue weighted by molar-refractivity contribution is 6.05. The molecule has 0 saturated heterocycles. The Balaban J connectivity index is 1.69. The molecule has 3 aromatic heterocycles. The number of aromatic amines is 1. The van der Waals surface area contributed by atoms with E-state index in [9.17, 15) is 0 Å². The topological polar surface area (TPSA) is 66.8 Å². The van der Waals surface area contributed by atoms with E-state index in [0.717, 1.165) is 41.6 Å². The molecule has 0 bridgehead atoms. The summed E-state index contributed by atoms with van der Waals surface area (Å²) >= 11 is 0. The predicted molar refractivity (Wildman–Crippen MR) is 103 cm³/mol. The van der Waals surface area contributed by atoms with Crippen LogP contribution in [0, 0.1) is 0 Å². The largest absolute Gasteiger partial charge is 0.288 e. The Morgan fingerprint density at radius 3 is 2.88 bits per heavy atom. The average Bonchev–Trinajstić information content (AvgIpc) is 3.35. The van der Waals surface area contributed by atoms with Crippen molar-refractivity contribution < 1.29 is 0 Å². The summed E-state index contributed by atoms with van der Waals surface area (Å²) in [7, 11) is 0. The fraction of sp³-hybridized carbons (Fsp3) is 0.238. The number of aromatic nitrogens is 4. The van der Waals surface area contributed by atoms with Crippen LogP contribution in [-0.4, -0.2) is 26.4 Å². The van der Waals surface area contributed by atoms with E-state index in [1.165, 1.54) is 46.0 Å². The van der Waals surface area contributed by atoms with Crippen molar-refractivity contribution in [3.05, 3.63) is 52.8 Å². The van der Waals surface area contributed by atoms with E-state index in [4.69, 9.17) is 4.98 Å². The van der Waals surface area contributed by atoms with Crippen LogP contribution in [0.3, 0.4) is 0 Å². The molecule has 4 aromatic rings. The summed E-state index contributed by atoms with van der Waals surface area (Å²) in [5.41, 5.74) is 9.36. The van der Waals surface area contributed by atoms with Gasteiger partial charge in [-0.2, -0.15) is 5.10 Å². The van der Waals surface area contributed by atoms with E-state index >= 15 is 0 Å². The molecule has 0 amide bonds. The molecule has 0 spiro atoms. The van der Waals surface area contributed by atoms with Gasteiger partial charge in [0.25, 0.3) is 0 Å². The van der Waals surface area contributed by atoms with Crippen LogP contribution >= 0.6 is 0 Å². The molecule has 6 rings (SSSR count). The van der Waals surface area contributed by atoms with Crippen molar-refractivity contribution in [2.45, 2.75) is 32.2 Å². The van der Waals surface area contributed by atoms with Crippen molar-refractivity contribution in [1.29, 1.82) is 0 Å². The van der Waals surface area contributed by atoms with E-state index in [0.29, 0.717) is 0 Å². The Kier molecular flexibility index (Phi) is 2.83. The van der Waals surface area contributed by atoms with E-state index in [1.54, 1.807) is 0 Å². The standard InChI is InChI=1S/C21H17N5/c1-2-4-16-15(3-1)19-17-10-24-26-18(17)11-23-21(19)25-20(16)12-5-6-13-8-22-9-14(13)7-12/h5-7,9-11H,1-4,8H2,(H,24,26). The highest BCUT2D eigenvalue weighted by Crippen LogP contribution is 2.37. The van der Waals surface area contributed by atoms with E-state index in [1.807, 2.05) is 18.6 Å². The lowest BCUT2D eigenvalue weighted by Crippen LogP contribution is -2.08. The first-order valence-corrected chi connectivity index (χ1v) is 9.15. The molecule has 126 valence electrons. The van der Waals surface area contributed by atoms with Crippen molar-refractivity contribution in [3.8, 4) is 11.3 Å². The van der Waals surface area contributed by atoms with Crippen molar-refractivity contribution in [2.24, 2.45) is 4.99 Å². The molecule has 26 heavy (non-hydrogen) atoms. The summed E-state index contributed by atoms with van der Waals surface area (Å²) in [6.45, 7) is 0.791. The third kappa shape index (κ3) is 1.91. The molecule has 5 nitrogen and oxygen atoms in total. The maximum atomic E-state index is 5.02. The van der Waals surface area contributed by atoms with Gasteiger partial charge in [0.15, 0.2) is 5.65 Å². The van der Waals surface area contributed by atoms with Crippen LogP contribution < -0.4 is 0 Å². The second-order valence-corrected chi connectivity index (χ2v) is 7.16. The summed E-state index contributed by atoms with van der Waals surface area (Å²) in [5, 5.41) is 9.56. The number of aliphatic imine (C=N–C) groups is 1. The van der Waals surface area contributed by atoms with Gasteiger partial charge in [0.1, 0.15) is 0 Å². The molecule has 0 atom stereocenters. The fourth-order valence-electron chi connectivity index (χ4n) is 4.39. The Morgan fingerprint density at radius 2 is 1.92 bits per heavy atom. The SMILES string of the molecule is C1=NCc2ccc(-c3nc4ncc5[nH]ncc5c4c4c3CCCC4)cc21. The van der Waals surface area contributed by atoms with Gasteiger partial charge in [-0.25, -0.2) is 9.97 Å². The van der Waals surface area contributed by atoms with E-state index in [-0.39, 0.29) is 0 Å². The lowest BCUT2D eigenvalue weighted by atomic mass is 9.86. The Morgan fingerprint density at radius 1 is 1.00 bits per heavy atom. The van der Waals surface area contributed by atoms with Crippen LogP contribution in [0.1, 0.15) is 35.1 Å². The summed E-state index contributed by atoms with van der Waals surface area (Å²) in [5.74, 6) is 0. The zero-order valence-electron chi connectivity index (χ0n) is 14.3. The molecule has 0 saturated carbocycles. The number of hydrogen-bond donors (Lipinski definition) is 1. The molecular formula is C21H17N5. The van der Waals surface area contributed by atoms with Crippen molar-refractivity contribution >= 4 is 28.2 Å². The predicted octanol–water partition coefficient (Wildman–Crippen LogP) is 3.98. The molecule has 1 N–H and O–H groups in total. The number of hydrogen-bond acceptors (Lipinski definition) is 4. The van der Waals surface area contributed by atoms with Gasteiger partial charge in [-0.05, 0) is 54.0 Å².